The van der Waals surface area contributed by atoms with E-state index in [-0.39, 0.29) is 12.1 Å². The van der Waals surface area contributed by atoms with Gasteiger partial charge in [-0.1, -0.05) is 0 Å². The van der Waals surface area contributed by atoms with E-state index in [1.165, 1.54) is 0 Å². The lowest BCUT2D eigenvalue weighted by molar-refractivity contribution is -0.420. The van der Waals surface area contributed by atoms with Crippen molar-refractivity contribution in [3.8, 4) is 0 Å². The van der Waals surface area contributed by atoms with E-state index in [0.717, 1.165) is 18.2 Å². The monoisotopic (exact) mass is 159 g/mol. The third-order valence-corrected chi connectivity index (χ3v) is 1.32. The molecule has 60 valence electrons. The molecule has 0 amide bonds. The number of nitro groups is 1. The molecule has 11 heavy (non-hydrogen) atoms. The van der Waals surface area contributed by atoms with Gasteiger partial charge >= 0.3 is 0 Å². The van der Waals surface area contributed by atoms with Crippen molar-refractivity contribution >= 4 is 0 Å². The number of aliphatic hydroxyl groups is 1. The standard InChI is InChI=1S/C6H6FNO3/c7-6(9)3-1-5(2-4-6)8(10)11/h1-3,9H,4H2. The molecule has 0 heterocycles. The largest absolute Gasteiger partial charge is 0.358 e. The van der Waals surface area contributed by atoms with Crippen LogP contribution in [0.4, 0.5) is 4.39 Å². The fraction of sp³-hybridized carbons (Fsp3) is 0.333. The molecule has 1 N–H and O–H groups in total. The van der Waals surface area contributed by atoms with Crippen molar-refractivity contribution in [2.24, 2.45) is 0 Å². The van der Waals surface area contributed by atoms with Crippen LogP contribution in [0.15, 0.2) is 23.9 Å². The predicted molar refractivity (Wildman–Crippen MR) is 34.9 cm³/mol. The molecule has 0 aromatic heterocycles. The summed E-state index contributed by atoms with van der Waals surface area (Å²) in [4.78, 5) is 9.41. The number of hydrogen-bond acceptors (Lipinski definition) is 3. The summed E-state index contributed by atoms with van der Waals surface area (Å²) in [5, 5.41) is 18.7. The molecule has 5 heteroatoms. The summed E-state index contributed by atoms with van der Waals surface area (Å²) in [5.74, 6) is -2.42. The van der Waals surface area contributed by atoms with Gasteiger partial charge in [0.05, 0.1) is 4.92 Å². The molecular formula is C6H6FNO3. The molecule has 0 saturated carbocycles. The van der Waals surface area contributed by atoms with Gasteiger partial charge in [-0.05, 0) is 12.2 Å². The topological polar surface area (TPSA) is 63.4 Å². The van der Waals surface area contributed by atoms with E-state index in [1.54, 1.807) is 0 Å². The minimum atomic E-state index is -2.42. The zero-order chi connectivity index (χ0) is 8.48. The van der Waals surface area contributed by atoms with Crippen LogP contribution in [0.1, 0.15) is 6.42 Å². The maximum atomic E-state index is 12.5. The Bertz CT molecular complexity index is 244. The Hall–Kier alpha value is -1.23. The van der Waals surface area contributed by atoms with Crippen LogP contribution in [0.25, 0.3) is 0 Å². The Morgan fingerprint density at radius 3 is 2.82 bits per heavy atom. The molecule has 4 nitrogen and oxygen atoms in total. The van der Waals surface area contributed by atoms with Gasteiger partial charge in [0, 0.05) is 12.5 Å². The average molecular weight is 159 g/mol. The Morgan fingerprint density at radius 2 is 2.45 bits per heavy atom. The summed E-state index contributed by atoms with van der Waals surface area (Å²) >= 11 is 0. The van der Waals surface area contributed by atoms with E-state index in [9.17, 15) is 14.5 Å². The second kappa shape index (κ2) is 2.43. The quantitative estimate of drug-likeness (QED) is 0.454. The van der Waals surface area contributed by atoms with E-state index in [4.69, 9.17) is 5.11 Å². The van der Waals surface area contributed by atoms with Gasteiger partial charge in [-0.25, -0.2) is 4.39 Å². The van der Waals surface area contributed by atoms with Crippen LogP contribution in [0.3, 0.4) is 0 Å². The van der Waals surface area contributed by atoms with Gasteiger partial charge in [0.1, 0.15) is 0 Å². The van der Waals surface area contributed by atoms with Gasteiger partial charge in [0.2, 0.25) is 5.85 Å². The van der Waals surface area contributed by atoms with Crippen molar-refractivity contribution in [2.75, 3.05) is 0 Å². The molecule has 0 aromatic rings. The smallest absolute Gasteiger partial charge is 0.265 e. The van der Waals surface area contributed by atoms with E-state index >= 15 is 0 Å². The number of hydrogen-bond donors (Lipinski definition) is 1. The van der Waals surface area contributed by atoms with Crippen molar-refractivity contribution < 1.29 is 14.4 Å². The highest BCUT2D eigenvalue weighted by atomic mass is 19.2. The highest BCUT2D eigenvalue weighted by molar-refractivity contribution is 5.20. The first-order chi connectivity index (χ1) is 5.01. The molecule has 0 spiro atoms. The first-order valence-corrected chi connectivity index (χ1v) is 2.96. The zero-order valence-corrected chi connectivity index (χ0v) is 5.53. The molecule has 0 fully saturated rings. The van der Waals surface area contributed by atoms with E-state index < -0.39 is 10.8 Å². The number of alkyl halides is 1. The Kier molecular flexibility index (Phi) is 1.74. The van der Waals surface area contributed by atoms with Crippen LogP contribution in [0, 0.1) is 10.1 Å². The fourth-order valence-corrected chi connectivity index (χ4v) is 0.732. The summed E-state index contributed by atoms with van der Waals surface area (Å²) in [6.07, 6.45) is 2.40. The minimum Gasteiger partial charge on any atom is -0.358 e. The molecule has 0 aliphatic heterocycles. The second-order valence-corrected chi connectivity index (χ2v) is 2.24. The van der Waals surface area contributed by atoms with Crippen LogP contribution in [-0.2, 0) is 0 Å². The van der Waals surface area contributed by atoms with Crippen molar-refractivity contribution in [3.05, 3.63) is 34.0 Å². The number of nitrogens with zero attached hydrogens (tertiary/aromatic N) is 1. The highest BCUT2D eigenvalue weighted by Crippen LogP contribution is 2.21. The molecule has 1 atom stereocenters. The molecule has 1 aliphatic carbocycles. The Labute approximate surface area is 61.8 Å². The van der Waals surface area contributed by atoms with Crippen molar-refractivity contribution in [2.45, 2.75) is 12.3 Å². The molecule has 1 aliphatic rings. The van der Waals surface area contributed by atoms with Crippen LogP contribution in [0.5, 0.6) is 0 Å². The third kappa shape index (κ3) is 1.84. The summed E-state index contributed by atoms with van der Waals surface area (Å²) in [6, 6.07) is 0. The van der Waals surface area contributed by atoms with Crippen LogP contribution in [0.2, 0.25) is 0 Å². The highest BCUT2D eigenvalue weighted by Gasteiger charge is 2.26. The van der Waals surface area contributed by atoms with Gasteiger partial charge in [-0.15, -0.1) is 0 Å². The number of halogens is 1. The first kappa shape index (κ1) is 7.87. The summed E-state index contributed by atoms with van der Waals surface area (Å²) in [7, 11) is 0. The summed E-state index contributed by atoms with van der Waals surface area (Å²) in [6.45, 7) is 0. The first-order valence-electron chi connectivity index (χ1n) is 2.96. The third-order valence-electron chi connectivity index (χ3n) is 1.32. The van der Waals surface area contributed by atoms with Crippen molar-refractivity contribution in [1.29, 1.82) is 0 Å². The Balaban J connectivity index is 2.75. The summed E-state index contributed by atoms with van der Waals surface area (Å²) < 4.78 is 12.5. The van der Waals surface area contributed by atoms with Crippen LogP contribution >= 0.6 is 0 Å². The SMILES string of the molecule is O=[N+]([O-])C1=CCC(O)(F)C=C1. The molecule has 0 aromatic carbocycles. The lowest BCUT2D eigenvalue weighted by Gasteiger charge is -2.13. The molecule has 0 radical (unpaired) electrons. The molecule has 0 bridgehead atoms. The minimum absolute atomic E-state index is 0.188. The normalized spacial score (nSPS) is 29.8. The van der Waals surface area contributed by atoms with Gasteiger partial charge in [-0.3, -0.25) is 10.1 Å². The van der Waals surface area contributed by atoms with Crippen LogP contribution < -0.4 is 0 Å². The van der Waals surface area contributed by atoms with E-state index in [2.05, 4.69) is 0 Å². The Morgan fingerprint density at radius 1 is 1.82 bits per heavy atom. The number of allylic oxidation sites excluding steroid dienone is 1. The zero-order valence-electron chi connectivity index (χ0n) is 5.53. The average Bonchev–Trinajstić information content (AvgIpc) is 1.86. The van der Waals surface area contributed by atoms with Gasteiger partial charge in [0.25, 0.3) is 5.70 Å². The maximum absolute atomic E-state index is 12.5. The molecule has 0 saturated heterocycles. The summed E-state index contributed by atoms with van der Waals surface area (Å²) in [5.41, 5.74) is -0.188. The number of rotatable bonds is 1. The van der Waals surface area contributed by atoms with Gasteiger partial charge in [-0.2, -0.15) is 0 Å². The van der Waals surface area contributed by atoms with Gasteiger partial charge in [0.15, 0.2) is 0 Å². The van der Waals surface area contributed by atoms with Gasteiger partial charge < -0.3 is 5.11 Å². The molecule has 1 unspecified atom stereocenters. The molecule has 1 rings (SSSR count). The lowest BCUT2D eigenvalue weighted by atomic mass is 10.1. The predicted octanol–water partition coefficient (Wildman–Crippen LogP) is 0.765. The molecular weight excluding hydrogens is 153 g/mol. The second-order valence-electron chi connectivity index (χ2n) is 2.24. The fourth-order valence-electron chi connectivity index (χ4n) is 0.732. The van der Waals surface area contributed by atoms with Crippen molar-refractivity contribution in [3.63, 3.8) is 0 Å². The van der Waals surface area contributed by atoms with E-state index in [1.807, 2.05) is 0 Å². The van der Waals surface area contributed by atoms with E-state index in [0.29, 0.717) is 0 Å². The van der Waals surface area contributed by atoms with Crippen LogP contribution in [-0.4, -0.2) is 15.9 Å². The maximum Gasteiger partial charge on any atom is 0.265 e. The lowest BCUT2D eigenvalue weighted by Crippen LogP contribution is -2.20. The van der Waals surface area contributed by atoms with Crippen molar-refractivity contribution in [1.82, 2.24) is 0 Å².